The molecule has 15 heavy (non-hydrogen) atoms. The lowest BCUT2D eigenvalue weighted by Crippen LogP contribution is -2.35. The highest BCUT2D eigenvalue weighted by Crippen LogP contribution is 2.25. The fraction of sp³-hybridized carbons (Fsp3) is 0.300. The molecule has 1 aliphatic rings. The highest BCUT2D eigenvalue weighted by atomic mass is 16.4. The fourth-order valence-corrected chi connectivity index (χ4v) is 1.81. The van der Waals surface area contributed by atoms with E-state index in [1.165, 1.54) is 0 Å². The van der Waals surface area contributed by atoms with Crippen molar-refractivity contribution in [1.29, 1.82) is 0 Å². The summed E-state index contributed by atoms with van der Waals surface area (Å²) in [5, 5.41) is 18.1. The minimum Gasteiger partial charge on any atom is -0.423 e. The highest BCUT2D eigenvalue weighted by Gasteiger charge is 2.22. The smallest absolute Gasteiger partial charge is 0.423 e. The molecule has 5 heteroatoms. The van der Waals surface area contributed by atoms with E-state index in [-0.39, 0.29) is 5.91 Å². The summed E-state index contributed by atoms with van der Waals surface area (Å²) in [5.74, 6) is 0.0621. The maximum Gasteiger partial charge on any atom is 0.488 e. The van der Waals surface area contributed by atoms with Crippen LogP contribution in [0.5, 0.6) is 0 Å². The van der Waals surface area contributed by atoms with Crippen LogP contribution in [0.3, 0.4) is 0 Å². The number of hydrogen-bond acceptors (Lipinski definition) is 3. The minimum absolute atomic E-state index is 0.0621. The topological polar surface area (TPSA) is 60.8 Å². The Labute approximate surface area is 88.3 Å². The molecular weight excluding hydrogens is 193 g/mol. The second-order valence-electron chi connectivity index (χ2n) is 3.71. The molecule has 1 aromatic carbocycles. The molecule has 0 aromatic heterocycles. The highest BCUT2D eigenvalue weighted by molar-refractivity contribution is 6.58. The van der Waals surface area contributed by atoms with Crippen LogP contribution in [0.2, 0.25) is 0 Å². The van der Waals surface area contributed by atoms with Crippen LogP contribution >= 0.6 is 0 Å². The number of anilines is 1. The number of rotatable bonds is 1. The van der Waals surface area contributed by atoms with Crippen molar-refractivity contribution in [3.05, 3.63) is 23.8 Å². The molecule has 0 unspecified atom stereocenters. The van der Waals surface area contributed by atoms with E-state index in [1.54, 1.807) is 24.1 Å². The van der Waals surface area contributed by atoms with Gasteiger partial charge in [-0.05, 0) is 23.5 Å². The Bertz CT molecular complexity index is 406. The van der Waals surface area contributed by atoms with E-state index in [4.69, 9.17) is 10.0 Å². The Morgan fingerprint density at radius 2 is 2.07 bits per heavy atom. The second kappa shape index (κ2) is 3.68. The lowest BCUT2D eigenvalue weighted by Gasteiger charge is -2.26. The Hall–Kier alpha value is -1.33. The van der Waals surface area contributed by atoms with E-state index in [1.807, 2.05) is 6.07 Å². The molecule has 1 amide bonds. The van der Waals surface area contributed by atoms with Crippen LogP contribution in [-0.4, -0.2) is 30.1 Å². The Morgan fingerprint density at radius 1 is 1.33 bits per heavy atom. The van der Waals surface area contributed by atoms with Crippen LogP contribution in [0.4, 0.5) is 5.69 Å². The summed E-state index contributed by atoms with van der Waals surface area (Å²) in [6.45, 7) is 0. The quantitative estimate of drug-likeness (QED) is 0.594. The molecule has 1 heterocycles. The molecule has 0 bridgehead atoms. The standard InChI is InChI=1S/C10H12BNO3/c1-12-9-6-8(11(14)15)4-2-7(9)3-5-10(12)13/h2,4,6,14-15H,3,5H2,1H3. The summed E-state index contributed by atoms with van der Waals surface area (Å²) in [6, 6.07) is 5.16. The largest absolute Gasteiger partial charge is 0.488 e. The lowest BCUT2D eigenvalue weighted by atomic mass is 9.79. The number of carbonyl (C=O) groups is 1. The summed E-state index contributed by atoms with van der Waals surface area (Å²) in [5.41, 5.74) is 2.26. The molecule has 0 saturated carbocycles. The van der Waals surface area contributed by atoms with Crippen molar-refractivity contribution in [2.75, 3.05) is 11.9 Å². The van der Waals surface area contributed by atoms with Gasteiger partial charge < -0.3 is 14.9 Å². The first-order valence-electron chi connectivity index (χ1n) is 4.85. The third-order valence-electron chi connectivity index (χ3n) is 2.75. The molecule has 4 nitrogen and oxygen atoms in total. The van der Waals surface area contributed by atoms with Gasteiger partial charge >= 0.3 is 7.12 Å². The summed E-state index contributed by atoms with van der Waals surface area (Å²) in [4.78, 5) is 13.0. The van der Waals surface area contributed by atoms with Crippen LogP contribution in [0.1, 0.15) is 12.0 Å². The fourth-order valence-electron chi connectivity index (χ4n) is 1.81. The summed E-state index contributed by atoms with van der Waals surface area (Å²) in [7, 11) is 0.217. The average molecular weight is 205 g/mol. The van der Waals surface area contributed by atoms with Crippen LogP contribution in [0.15, 0.2) is 18.2 Å². The molecule has 0 spiro atoms. The number of fused-ring (bicyclic) bond motifs is 1. The van der Waals surface area contributed by atoms with Crippen molar-refractivity contribution in [3.63, 3.8) is 0 Å². The first-order chi connectivity index (χ1) is 7.09. The van der Waals surface area contributed by atoms with Gasteiger partial charge in [0, 0.05) is 19.2 Å². The van der Waals surface area contributed by atoms with Gasteiger partial charge in [-0.15, -0.1) is 0 Å². The predicted molar refractivity (Wildman–Crippen MR) is 58.0 cm³/mol. The zero-order valence-electron chi connectivity index (χ0n) is 8.47. The van der Waals surface area contributed by atoms with E-state index < -0.39 is 7.12 Å². The molecule has 2 rings (SSSR count). The van der Waals surface area contributed by atoms with Crippen molar-refractivity contribution in [3.8, 4) is 0 Å². The minimum atomic E-state index is -1.49. The number of nitrogens with zero attached hydrogens (tertiary/aromatic N) is 1. The van der Waals surface area contributed by atoms with Gasteiger partial charge in [-0.25, -0.2) is 0 Å². The second-order valence-corrected chi connectivity index (χ2v) is 3.71. The zero-order valence-corrected chi connectivity index (χ0v) is 8.47. The van der Waals surface area contributed by atoms with Gasteiger partial charge in [-0.3, -0.25) is 4.79 Å². The van der Waals surface area contributed by atoms with Crippen molar-refractivity contribution < 1.29 is 14.8 Å². The lowest BCUT2D eigenvalue weighted by molar-refractivity contribution is -0.118. The third-order valence-corrected chi connectivity index (χ3v) is 2.75. The van der Waals surface area contributed by atoms with E-state index in [2.05, 4.69) is 0 Å². The summed E-state index contributed by atoms with van der Waals surface area (Å²) < 4.78 is 0. The molecule has 0 atom stereocenters. The van der Waals surface area contributed by atoms with Crippen molar-refractivity contribution >= 4 is 24.2 Å². The van der Waals surface area contributed by atoms with E-state index in [0.717, 1.165) is 17.7 Å². The monoisotopic (exact) mass is 205 g/mol. The first kappa shape index (κ1) is 10.2. The Kier molecular flexibility index (Phi) is 2.50. The third kappa shape index (κ3) is 1.76. The maximum atomic E-state index is 11.4. The van der Waals surface area contributed by atoms with E-state index >= 15 is 0 Å². The molecule has 78 valence electrons. The molecule has 0 aliphatic carbocycles. The number of aryl methyl sites for hydroxylation is 1. The van der Waals surface area contributed by atoms with Gasteiger partial charge in [0.2, 0.25) is 5.91 Å². The Morgan fingerprint density at radius 3 is 2.73 bits per heavy atom. The van der Waals surface area contributed by atoms with Crippen molar-refractivity contribution in [2.45, 2.75) is 12.8 Å². The molecule has 1 aliphatic heterocycles. The molecule has 1 aromatic rings. The SMILES string of the molecule is CN1C(=O)CCc2ccc(B(O)O)cc21. The molecule has 2 N–H and O–H groups in total. The van der Waals surface area contributed by atoms with E-state index in [9.17, 15) is 4.79 Å². The molecule has 0 saturated heterocycles. The van der Waals surface area contributed by atoms with Gasteiger partial charge in [-0.2, -0.15) is 0 Å². The first-order valence-corrected chi connectivity index (χ1v) is 4.85. The van der Waals surface area contributed by atoms with Gasteiger partial charge in [0.05, 0.1) is 0 Å². The van der Waals surface area contributed by atoms with Crippen LogP contribution < -0.4 is 10.4 Å². The predicted octanol–water partition coefficient (Wildman–Crippen LogP) is -0.725. The van der Waals surface area contributed by atoms with Crippen LogP contribution in [0, 0.1) is 0 Å². The number of benzene rings is 1. The number of amides is 1. The van der Waals surface area contributed by atoms with Gasteiger partial charge in [-0.1, -0.05) is 12.1 Å². The molecular formula is C10H12BNO3. The van der Waals surface area contributed by atoms with Gasteiger partial charge in [0.25, 0.3) is 0 Å². The number of carbonyl (C=O) groups excluding carboxylic acids is 1. The maximum absolute atomic E-state index is 11.4. The van der Waals surface area contributed by atoms with Gasteiger partial charge in [0.1, 0.15) is 0 Å². The van der Waals surface area contributed by atoms with Gasteiger partial charge in [0.15, 0.2) is 0 Å². The Balaban J connectivity index is 2.45. The summed E-state index contributed by atoms with van der Waals surface area (Å²) in [6.07, 6.45) is 1.24. The number of hydrogen-bond donors (Lipinski definition) is 2. The van der Waals surface area contributed by atoms with Crippen LogP contribution in [0.25, 0.3) is 0 Å². The van der Waals surface area contributed by atoms with Crippen LogP contribution in [-0.2, 0) is 11.2 Å². The molecule has 0 fully saturated rings. The summed E-state index contributed by atoms with van der Waals surface area (Å²) >= 11 is 0. The van der Waals surface area contributed by atoms with Crippen molar-refractivity contribution in [2.24, 2.45) is 0 Å². The zero-order chi connectivity index (χ0) is 11.0. The normalized spacial score (nSPS) is 15.1. The van der Waals surface area contributed by atoms with Crippen molar-refractivity contribution in [1.82, 2.24) is 0 Å². The molecule has 0 radical (unpaired) electrons. The average Bonchev–Trinajstić information content (AvgIpc) is 2.23. The van der Waals surface area contributed by atoms with E-state index in [0.29, 0.717) is 11.9 Å².